The van der Waals surface area contributed by atoms with E-state index in [0.717, 1.165) is 25.1 Å². The summed E-state index contributed by atoms with van der Waals surface area (Å²) in [6.45, 7) is 4.61. The summed E-state index contributed by atoms with van der Waals surface area (Å²) >= 11 is 0. The largest absolute Gasteiger partial charge is 0.409 e. The molecular weight excluding hydrogens is 230 g/mol. The fraction of sp³-hybridized carbons (Fsp3) is 0.462. The SMILES string of the molecule is CCCN(CCO)Cc1cccc(/C(N)=N/O)c1. The van der Waals surface area contributed by atoms with Gasteiger partial charge in [0.1, 0.15) is 0 Å². The van der Waals surface area contributed by atoms with Crippen LogP contribution in [0, 0.1) is 0 Å². The Hall–Kier alpha value is -1.59. The molecule has 1 aromatic carbocycles. The van der Waals surface area contributed by atoms with Gasteiger partial charge in [-0.25, -0.2) is 0 Å². The summed E-state index contributed by atoms with van der Waals surface area (Å²) in [7, 11) is 0. The van der Waals surface area contributed by atoms with Gasteiger partial charge in [-0.2, -0.15) is 0 Å². The molecule has 0 saturated heterocycles. The maximum absolute atomic E-state index is 9.01. The summed E-state index contributed by atoms with van der Waals surface area (Å²) in [5, 5.41) is 20.6. The van der Waals surface area contributed by atoms with Gasteiger partial charge in [-0.05, 0) is 24.6 Å². The quantitative estimate of drug-likeness (QED) is 0.292. The van der Waals surface area contributed by atoms with E-state index in [1.807, 2.05) is 18.2 Å². The molecule has 0 unspecified atom stereocenters. The highest BCUT2D eigenvalue weighted by Gasteiger charge is 2.06. The molecule has 100 valence electrons. The van der Waals surface area contributed by atoms with Gasteiger partial charge >= 0.3 is 0 Å². The lowest BCUT2D eigenvalue weighted by molar-refractivity contribution is 0.190. The van der Waals surface area contributed by atoms with Crippen LogP contribution in [0.3, 0.4) is 0 Å². The second-order valence-corrected chi connectivity index (χ2v) is 4.19. The predicted molar refractivity (Wildman–Crippen MR) is 71.6 cm³/mol. The molecular formula is C13H21N3O2. The number of aliphatic hydroxyl groups is 1. The summed E-state index contributed by atoms with van der Waals surface area (Å²) in [6, 6.07) is 7.57. The Morgan fingerprint density at radius 2 is 2.17 bits per heavy atom. The molecule has 0 spiro atoms. The van der Waals surface area contributed by atoms with Crippen LogP contribution in [0.5, 0.6) is 0 Å². The summed E-state index contributed by atoms with van der Waals surface area (Å²) in [6.07, 6.45) is 1.04. The van der Waals surface area contributed by atoms with E-state index in [1.165, 1.54) is 0 Å². The molecule has 0 aromatic heterocycles. The first-order chi connectivity index (χ1) is 8.71. The van der Waals surface area contributed by atoms with Crippen molar-refractivity contribution < 1.29 is 10.3 Å². The van der Waals surface area contributed by atoms with Gasteiger partial charge in [0.15, 0.2) is 5.84 Å². The van der Waals surface area contributed by atoms with E-state index >= 15 is 0 Å². The van der Waals surface area contributed by atoms with Gasteiger partial charge in [0.05, 0.1) is 6.61 Å². The van der Waals surface area contributed by atoms with Gasteiger partial charge < -0.3 is 16.0 Å². The van der Waals surface area contributed by atoms with Crippen molar-refractivity contribution in [2.75, 3.05) is 19.7 Å². The van der Waals surface area contributed by atoms with E-state index in [4.69, 9.17) is 16.0 Å². The fourth-order valence-corrected chi connectivity index (χ4v) is 1.87. The molecule has 0 bridgehead atoms. The average molecular weight is 251 g/mol. The zero-order valence-electron chi connectivity index (χ0n) is 10.7. The van der Waals surface area contributed by atoms with E-state index in [9.17, 15) is 0 Å². The van der Waals surface area contributed by atoms with E-state index in [1.54, 1.807) is 6.07 Å². The number of amidine groups is 1. The Balaban J connectivity index is 2.76. The number of nitrogens with two attached hydrogens (primary N) is 1. The van der Waals surface area contributed by atoms with Gasteiger partial charge in [0.25, 0.3) is 0 Å². The minimum atomic E-state index is 0.112. The molecule has 0 aliphatic heterocycles. The van der Waals surface area contributed by atoms with Crippen LogP contribution in [0.2, 0.25) is 0 Å². The van der Waals surface area contributed by atoms with Crippen LogP contribution < -0.4 is 5.73 Å². The Labute approximate surface area is 108 Å². The molecule has 0 heterocycles. The standard InChI is InChI=1S/C13H21N3O2/c1-2-6-16(7-8-17)10-11-4-3-5-12(9-11)13(14)15-18/h3-5,9,17-18H,2,6-8,10H2,1H3,(H2,14,15). The number of oxime groups is 1. The second-order valence-electron chi connectivity index (χ2n) is 4.19. The van der Waals surface area contributed by atoms with Gasteiger partial charge in [0.2, 0.25) is 0 Å². The van der Waals surface area contributed by atoms with E-state index in [2.05, 4.69) is 17.0 Å². The number of aliphatic hydroxyl groups excluding tert-OH is 1. The Bertz CT molecular complexity index is 388. The van der Waals surface area contributed by atoms with E-state index in [-0.39, 0.29) is 12.4 Å². The minimum Gasteiger partial charge on any atom is -0.409 e. The number of nitrogens with zero attached hydrogens (tertiary/aromatic N) is 2. The lowest BCUT2D eigenvalue weighted by Crippen LogP contribution is -2.27. The lowest BCUT2D eigenvalue weighted by atomic mass is 10.1. The molecule has 0 fully saturated rings. The van der Waals surface area contributed by atoms with Crippen molar-refractivity contribution >= 4 is 5.84 Å². The third-order valence-corrected chi connectivity index (χ3v) is 2.69. The summed E-state index contributed by atoms with van der Waals surface area (Å²) in [5.74, 6) is 0.112. The van der Waals surface area contributed by atoms with Crippen molar-refractivity contribution in [2.24, 2.45) is 10.9 Å². The molecule has 0 aliphatic carbocycles. The Morgan fingerprint density at radius 1 is 1.39 bits per heavy atom. The summed E-state index contributed by atoms with van der Waals surface area (Å²) < 4.78 is 0. The van der Waals surface area contributed by atoms with Crippen LogP contribution in [0.4, 0.5) is 0 Å². The minimum absolute atomic E-state index is 0.112. The lowest BCUT2D eigenvalue weighted by Gasteiger charge is -2.20. The van der Waals surface area contributed by atoms with Crippen molar-refractivity contribution in [3.8, 4) is 0 Å². The summed E-state index contributed by atoms with van der Waals surface area (Å²) in [5.41, 5.74) is 7.35. The molecule has 0 saturated carbocycles. The Morgan fingerprint density at radius 3 is 2.78 bits per heavy atom. The summed E-state index contributed by atoms with van der Waals surface area (Å²) in [4.78, 5) is 2.17. The molecule has 0 amide bonds. The molecule has 4 N–H and O–H groups in total. The van der Waals surface area contributed by atoms with Gasteiger partial charge in [-0.15, -0.1) is 0 Å². The van der Waals surface area contributed by atoms with Crippen molar-refractivity contribution in [3.63, 3.8) is 0 Å². The maximum Gasteiger partial charge on any atom is 0.170 e. The third-order valence-electron chi connectivity index (χ3n) is 2.69. The first-order valence-corrected chi connectivity index (χ1v) is 6.11. The van der Waals surface area contributed by atoms with Crippen LogP contribution in [-0.2, 0) is 6.54 Å². The first kappa shape index (κ1) is 14.5. The molecule has 1 aromatic rings. The number of rotatable bonds is 7. The van der Waals surface area contributed by atoms with Crippen molar-refractivity contribution in [3.05, 3.63) is 35.4 Å². The van der Waals surface area contributed by atoms with Crippen LogP contribution in [0.1, 0.15) is 24.5 Å². The normalized spacial score (nSPS) is 12.1. The highest BCUT2D eigenvalue weighted by atomic mass is 16.4. The number of benzene rings is 1. The number of hydrogen-bond acceptors (Lipinski definition) is 4. The molecule has 5 heteroatoms. The average Bonchev–Trinajstić information content (AvgIpc) is 2.39. The molecule has 5 nitrogen and oxygen atoms in total. The first-order valence-electron chi connectivity index (χ1n) is 6.11. The maximum atomic E-state index is 9.01. The van der Waals surface area contributed by atoms with E-state index < -0.39 is 0 Å². The number of hydrogen-bond donors (Lipinski definition) is 3. The van der Waals surface area contributed by atoms with Gasteiger partial charge in [-0.1, -0.05) is 30.3 Å². The molecule has 0 atom stereocenters. The van der Waals surface area contributed by atoms with Crippen LogP contribution in [0.25, 0.3) is 0 Å². The second kappa shape index (κ2) is 7.68. The monoisotopic (exact) mass is 251 g/mol. The topological polar surface area (TPSA) is 82.1 Å². The fourth-order valence-electron chi connectivity index (χ4n) is 1.87. The molecule has 0 radical (unpaired) electrons. The predicted octanol–water partition coefficient (Wildman–Crippen LogP) is 0.985. The third kappa shape index (κ3) is 4.35. The molecule has 0 aliphatic rings. The van der Waals surface area contributed by atoms with Crippen LogP contribution >= 0.6 is 0 Å². The van der Waals surface area contributed by atoms with Gasteiger partial charge in [0, 0.05) is 18.7 Å². The van der Waals surface area contributed by atoms with Gasteiger partial charge in [-0.3, -0.25) is 4.90 Å². The van der Waals surface area contributed by atoms with Crippen LogP contribution in [-0.4, -0.2) is 40.7 Å². The Kier molecular flexibility index (Phi) is 6.18. The molecule has 1 rings (SSSR count). The van der Waals surface area contributed by atoms with Crippen molar-refractivity contribution in [1.29, 1.82) is 0 Å². The smallest absolute Gasteiger partial charge is 0.170 e. The van der Waals surface area contributed by atoms with Crippen molar-refractivity contribution in [2.45, 2.75) is 19.9 Å². The molecule has 18 heavy (non-hydrogen) atoms. The zero-order chi connectivity index (χ0) is 13.4. The highest BCUT2D eigenvalue weighted by molar-refractivity contribution is 5.97. The van der Waals surface area contributed by atoms with E-state index in [0.29, 0.717) is 12.1 Å². The van der Waals surface area contributed by atoms with Crippen LogP contribution in [0.15, 0.2) is 29.4 Å². The van der Waals surface area contributed by atoms with Crippen molar-refractivity contribution in [1.82, 2.24) is 4.90 Å². The zero-order valence-corrected chi connectivity index (χ0v) is 10.7. The highest BCUT2D eigenvalue weighted by Crippen LogP contribution is 2.08.